The Morgan fingerprint density at radius 2 is 1.96 bits per heavy atom. The third kappa shape index (κ3) is 2.91. The Labute approximate surface area is 161 Å². The van der Waals surface area contributed by atoms with Gasteiger partial charge in [0.05, 0.1) is 30.6 Å². The second kappa shape index (κ2) is 7.19. The van der Waals surface area contributed by atoms with Crippen LogP contribution in [0, 0.1) is 11.3 Å². The van der Waals surface area contributed by atoms with E-state index in [0.29, 0.717) is 28.3 Å². The summed E-state index contributed by atoms with van der Waals surface area (Å²) in [5, 5.41) is 20.5. The number of nitriles is 1. The molecule has 0 spiro atoms. The third-order valence-corrected chi connectivity index (χ3v) is 4.70. The Balaban J connectivity index is 1.84. The number of aliphatic hydroxyl groups is 1. The molecule has 7 heteroatoms. The van der Waals surface area contributed by atoms with E-state index in [1.165, 1.54) is 6.26 Å². The van der Waals surface area contributed by atoms with Gasteiger partial charge >= 0.3 is 0 Å². The van der Waals surface area contributed by atoms with Crippen LogP contribution in [0.2, 0.25) is 0 Å². The molecule has 1 aromatic heterocycles. The van der Waals surface area contributed by atoms with Crippen molar-refractivity contribution in [2.24, 2.45) is 10.7 Å². The molecule has 0 radical (unpaired) electrons. The van der Waals surface area contributed by atoms with Gasteiger partial charge in [-0.2, -0.15) is 10.3 Å². The zero-order chi connectivity index (χ0) is 19.7. The summed E-state index contributed by atoms with van der Waals surface area (Å²) in [4.78, 5) is 6.25. The molecule has 0 fully saturated rings. The summed E-state index contributed by atoms with van der Waals surface area (Å²) in [6, 6.07) is 18.0. The molecule has 2 heterocycles. The molecule has 3 aromatic rings. The number of amidine groups is 1. The zero-order valence-electron chi connectivity index (χ0n) is 15.1. The Bertz CT molecular complexity index is 1070. The van der Waals surface area contributed by atoms with Gasteiger partial charge in [-0.15, -0.1) is 0 Å². The molecule has 7 nitrogen and oxygen atoms in total. The molecule has 140 valence electrons. The number of hydrogen-bond acceptors (Lipinski definition) is 7. The number of nitrogens with zero attached hydrogens (tertiary/aromatic N) is 3. The first-order valence-corrected chi connectivity index (χ1v) is 8.66. The summed E-state index contributed by atoms with van der Waals surface area (Å²) >= 11 is 0. The quantitative estimate of drug-likeness (QED) is 0.725. The van der Waals surface area contributed by atoms with Crippen LogP contribution >= 0.6 is 0 Å². The number of aliphatic hydroxyl groups excluding tert-OH is 1. The maximum Gasteiger partial charge on any atom is 0.226 e. The molecular weight excluding hydrogens is 356 g/mol. The number of benzene rings is 2. The van der Waals surface area contributed by atoms with Gasteiger partial charge in [0.2, 0.25) is 5.88 Å². The van der Waals surface area contributed by atoms with E-state index in [1.54, 1.807) is 54.5 Å². The summed E-state index contributed by atoms with van der Waals surface area (Å²) in [7, 11) is 1.59. The Kier molecular flexibility index (Phi) is 4.57. The highest BCUT2D eigenvalue weighted by Gasteiger charge is 2.35. The van der Waals surface area contributed by atoms with Crippen molar-refractivity contribution < 1.29 is 14.3 Å². The molecule has 0 saturated heterocycles. The molecule has 2 atom stereocenters. The number of rotatable bonds is 4. The average Bonchev–Trinajstić information content (AvgIpc) is 3.22. The van der Waals surface area contributed by atoms with Gasteiger partial charge in [-0.05, 0) is 36.4 Å². The summed E-state index contributed by atoms with van der Waals surface area (Å²) in [5.41, 5.74) is 8.75. The molecule has 1 aliphatic heterocycles. The van der Waals surface area contributed by atoms with Gasteiger partial charge in [-0.25, -0.2) is 0 Å². The van der Waals surface area contributed by atoms with E-state index >= 15 is 0 Å². The van der Waals surface area contributed by atoms with E-state index in [1.807, 2.05) is 12.1 Å². The van der Waals surface area contributed by atoms with Crippen molar-refractivity contribution in [1.82, 2.24) is 0 Å². The fourth-order valence-corrected chi connectivity index (χ4v) is 3.27. The summed E-state index contributed by atoms with van der Waals surface area (Å²) in [6.45, 7) is 0. The third-order valence-electron chi connectivity index (χ3n) is 4.70. The second-order valence-electron chi connectivity index (χ2n) is 6.27. The van der Waals surface area contributed by atoms with Crippen LogP contribution in [-0.2, 0) is 0 Å². The van der Waals surface area contributed by atoms with E-state index in [9.17, 15) is 10.4 Å². The lowest BCUT2D eigenvalue weighted by Crippen LogP contribution is -2.44. The van der Waals surface area contributed by atoms with Crippen LogP contribution in [0.3, 0.4) is 0 Å². The van der Waals surface area contributed by atoms with Crippen molar-refractivity contribution in [1.29, 1.82) is 5.26 Å². The number of ether oxygens (including phenoxy) is 1. The van der Waals surface area contributed by atoms with Gasteiger partial charge in [0, 0.05) is 11.3 Å². The first-order valence-electron chi connectivity index (χ1n) is 8.66. The van der Waals surface area contributed by atoms with Crippen molar-refractivity contribution in [3.63, 3.8) is 0 Å². The molecule has 0 aliphatic carbocycles. The van der Waals surface area contributed by atoms with E-state index in [2.05, 4.69) is 11.1 Å². The standard InChI is InChI=1S/C21H18N4O3/c1-27-15-8-6-14(7-9-15)25-19(23)17-10-11-28-21(17)24-20(25)18(26)16-5-3-2-4-13(16)12-22/h2-11,18-19,26H,23H2,1H3. The summed E-state index contributed by atoms with van der Waals surface area (Å²) < 4.78 is 10.7. The number of nitrogens with two attached hydrogens (primary N) is 1. The number of fused-ring (bicyclic) bond motifs is 1. The smallest absolute Gasteiger partial charge is 0.226 e. The molecule has 4 rings (SSSR count). The largest absolute Gasteiger partial charge is 0.497 e. The fraction of sp³-hybridized carbons (Fsp3) is 0.143. The monoisotopic (exact) mass is 374 g/mol. The van der Waals surface area contributed by atoms with Crippen LogP contribution in [0.4, 0.5) is 11.6 Å². The van der Waals surface area contributed by atoms with Crippen LogP contribution in [0.5, 0.6) is 5.75 Å². The number of aliphatic imine (C=N–C) groups is 1. The topological polar surface area (TPSA) is 108 Å². The molecular formula is C21H18N4O3. The van der Waals surface area contributed by atoms with E-state index in [0.717, 1.165) is 5.69 Å². The maximum atomic E-state index is 11.1. The van der Waals surface area contributed by atoms with Crippen LogP contribution in [0.1, 0.15) is 29.0 Å². The second-order valence-corrected chi connectivity index (χ2v) is 6.27. The van der Waals surface area contributed by atoms with Crippen molar-refractivity contribution in [3.8, 4) is 11.8 Å². The van der Waals surface area contributed by atoms with Crippen LogP contribution in [0.25, 0.3) is 0 Å². The summed E-state index contributed by atoms with van der Waals surface area (Å²) in [6.07, 6.45) is -0.264. The first kappa shape index (κ1) is 17.8. The van der Waals surface area contributed by atoms with Gasteiger partial charge in [0.25, 0.3) is 0 Å². The molecule has 0 amide bonds. The van der Waals surface area contributed by atoms with Gasteiger partial charge in [0.15, 0.2) is 0 Å². The normalized spacial score (nSPS) is 16.7. The molecule has 1 aliphatic rings. The SMILES string of the molecule is COc1ccc(N2C(C(O)c3ccccc3C#N)=Nc3occc3C2N)cc1. The number of methoxy groups -OCH3 is 1. The predicted octanol–water partition coefficient (Wildman–Crippen LogP) is 3.40. The predicted molar refractivity (Wildman–Crippen MR) is 104 cm³/mol. The number of furan rings is 1. The van der Waals surface area contributed by atoms with E-state index in [-0.39, 0.29) is 5.84 Å². The lowest BCUT2D eigenvalue weighted by atomic mass is 10.00. The Hall–Kier alpha value is -3.60. The van der Waals surface area contributed by atoms with Gasteiger partial charge in [-0.3, -0.25) is 0 Å². The highest BCUT2D eigenvalue weighted by atomic mass is 16.5. The van der Waals surface area contributed by atoms with Gasteiger partial charge in [-0.1, -0.05) is 18.2 Å². The van der Waals surface area contributed by atoms with Crippen LogP contribution in [0.15, 0.2) is 70.3 Å². The van der Waals surface area contributed by atoms with Crippen molar-refractivity contribution in [3.05, 3.63) is 77.6 Å². The molecule has 0 saturated carbocycles. The molecule has 3 N–H and O–H groups in total. The maximum absolute atomic E-state index is 11.1. The molecule has 2 unspecified atom stereocenters. The van der Waals surface area contributed by atoms with Crippen molar-refractivity contribution in [2.75, 3.05) is 12.0 Å². The lowest BCUT2D eigenvalue weighted by molar-refractivity contribution is 0.243. The fourth-order valence-electron chi connectivity index (χ4n) is 3.27. The summed E-state index contributed by atoms with van der Waals surface area (Å²) in [5.74, 6) is 1.33. The average molecular weight is 374 g/mol. The zero-order valence-corrected chi connectivity index (χ0v) is 15.1. The highest BCUT2D eigenvalue weighted by molar-refractivity contribution is 6.04. The molecule has 0 bridgehead atoms. The van der Waals surface area contributed by atoms with Crippen LogP contribution < -0.4 is 15.4 Å². The number of hydrogen-bond donors (Lipinski definition) is 2. The minimum absolute atomic E-state index is 0.280. The lowest BCUT2D eigenvalue weighted by Gasteiger charge is -2.36. The molecule has 28 heavy (non-hydrogen) atoms. The number of anilines is 1. The highest BCUT2D eigenvalue weighted by Crippen LogP contribution is 2.39. The minimum Gasteiger partial charge on any atom is -0.497 e. The Morgan fingerprint density at radius 3 is 2.68 bits per heavy atom. The first-order chi connectivity index (χ1) is 13.6. The Morgan fingerprint density at radius 1 is 1.21 bits per heavy atom. The van der Waals surface area contributed by atoms with Gasteiger partial charge < -0.3 is 24.9 Å². The van der Waals surface area contributed by atoms with Crippen molar-refractivity contribution >= 4 is 17.4 Å². The van der Waals surface area contributed by atoms with Gasteiger partial charge in [0.1, 0.15) is 23.9 Å². The van der Waals surface area contributed by atoms with E-state index in [4.69, 9.17) is 14.9 Å². The molecule has 2 aromatic carbocycles. The minimum atomic E-state index is -1.16. The van der Waals surface area contributed by atoms with E-state index < -0.39 is 12.3 Å². The van der Waals surface area contributed by atoms with Crippen molar-refractivity contribution in [2.45, 2.75) is 12.3 Å². The van der Waals surface area contributed by atoms with Crippen LogP contribution in [-0.4, -0.2) is 18.1 Å².